The van der Waals surface area contributed by atoms with Gasteiger partial charge in [-0.25, -0.2) is 0 Å². The van der Waals surface area contributed by atoms with Gasteiger partial charge in [-0.05, 0) is 30.7 Å². The van der Waals surface area contributed by atoms with Crippen LogP contribution in [0, 0.1) is 6.92 Å². The van der Waals surface area contributed by atoms with Gasteiger partial charge in [-0.3, -0.25) is 9.78 Å². The van der Waals surface area contributed by atoms with E-state index in [0.717, 1.165) is 37.2 Å². The van der Waals surface area contributed by atoms with Crippen LogP contribution >= 0.6 is 11.6 Å². The van der Waals surface area contributed by atoms with Gasteiger partial charge in [0, 0.05) is 42.8 Å². The summed E-state index contributed by atoms with van der Waals surface area (Å²) in [5.41, 5.74) is 3.10. The number of aromatic nitrogens is 1. The second kappa shape index (κ2) is 7.46. The number of carbonyl (C=O) groups excluding carboxylic acids is 1. The maximum absolute atomic E-state index is 12.7. The molecule has 2 aliphatic rings. The van der Waals surface area contributed by atoms with E-state index in [1.165, 1.54) is 0 Å². The zero-order valence-electron chi connectivity index (χ0n) is 15.2. The van der Waals surface area contributed by atoms with Crippen LogP contribution < -0.4 is 10.2 Å². The van der Waals surface area contributed by atoms with E-state index >= 15 is 0 Å². The molecule has 2 aromatic rings. The van der Waals surface area contributed by atoms with Crippen LogP contribution in [0.25, 0.3) is 0 Å². The Morgan fingerprint density at radius 1 is 1.19 bits per heavy atom. The number of hydrogen-bond donors (Lipinski definition) is 1. The summed E-state index contributed by atoms with van der Waals surface area (Å²) in [7, 11) is 0. The zero-order chi connectivity index (χ0) is 18.9. The molecule has 1 spiro atoms. The Hall–Kier alpha value is -2.15. The van der Waals surface area contributed by atoms with E-state index in [1.54, 1.807) is 24.5 Å². The van der Waals surface area contributed by atoms with Gasteiger partial charge in [-0.15, -0.1) is 0 Å². The second-order valence-electron chi connectivity index (χ2n) is 6.94. The third-order valence-electron chi connectivity index (χ3n) is 5.14. The molecule has 2 aliphatic heterocycles. The van der Waals surface area contributed by atoms with E-state index < -0.39 is 5.79 Å². The largest absolute Gasteiger partial charge is 0.370 e. The Labute approximate surface area is 163 Å². The fraction of sp³-hybridized carbons (Fsp3) is 0.400. The Kier molecular flexibility index (Phi) is 5.04. The van der Waals surface area contributed by atoms with Crippen molar-refractivity contribution in [1.82, 2.24) is 4.98 Å². The molecule has 1 N–H and O–H groups in total. The van der Waals surface area contributed by atoms with Crippen molar-refractivity contribution in [3.63, 3.8) is 0 Å². The minimum atomic E-state index is -0.414. The summed E-state index contributed by atoms with van der Waals surface area (Å²) in [4.78, 5) is 19.1. The molecular formula is C20H22ClN3O3. The molecule has 4 rings (SSSR count). The van der Waals surface area contributed by atoms with Gasteiger partial charge in [0.2, 0.25) is 0 Å². The molecule has 2 saturated heterocycles. The van der Waals surface area contributed by atoms with Crippen molar-refractivity contribution in [3.05, 3.63) is 52.8 Å². The lowest BCUT2D eigenvalue weighted by molar-refractivity contribution is -0.169. The van der Waals surface area contributed by atoms with Crippen LogP contribution in [0.4, 0.5) is 11.4 Å². The summed E-state index contributed by atoms with van der Waals surface area (Å²) < 4.78 is 11.6. The summed E-state index contributed by atoms with van der Waals surface area (Å²) in [6.07, 6.45) is 4.99. The number of anilines is 2. The molecule has 1 aromatic heterocycles. The quantitative estimate of drug-likeness (QED) is 0.871. The van der Waals surface area contributed by atoms with E-state index in [0.29, 0.717) is 29.5 Å². The first-order valence-electron chi connectivity index (χ1n) is 9.10. The average molecular weight is 388 g/mol. The minimum absolute atomic E-state index is 0.203. The number of rotatable bonds is 3. The first kappa shape index (κ1) is 18.2. The van der Waals surface area contributed by atoms with Crippen LogP contribution in [0.15, 0.2) is 36.7 Å². The van der Waals surface area contributed by atoms with E-state index in [-0.39, 0.29) is 5.91 Å². The van der Waals surface area contributed by atoms with Gasteiger partial charge in [-0.1, -0.05) is 17.7 Å². The zero-order valence-corrected chi connectivity index (χ0v) is 16.0. The Morgan fingerprint density at radius 2 is 1.93 bits per heavy atom. The SMILES string of the molecule is Cc1ccc(Cl)cc1NC(=O)c1cncc(N2CCC3(CC2)OCCO3)c1. The van der Waals surface area contributed by atoms with Gasteiger partial charge in [0.05, 0.1) is 30.7 Å². The monoisotopic (exact) mass is 387 g/mol. The number of amides is 1. The van der Waals surface area contributed by atoms with Crippen LogP contribution in [-0.4, -0.2) is 43.0 Å². The highest BCUT2D eigenvalue weighted by atomic mass is 35.5. The van der Waals surface area contributed by atoms with Crippen molar-refractivity contribution in [2.24, 2.45) is 0 Å². The lowest BCUT2D eigenvalue weighted by Gasteiger charge is -2.38. The Morgan fingerprint density at radius 3 is 2.67 bits per heavy atom. The number of benzene rings is 1. The van der Waals surface area contributed by atoms with E-state index in [1.807, 2.05) is 19.1 Å². The number of carbonyl (C=O) groups is 1. The molecule has 27 heavy (non-hydrogen) atoms. The number of pyridine rings is 1. The molecule has 0 radical (unpaired) electrons. The molecular weight excluding hydrogens is 366 g/mol. The highest BCUT2D eigenvalue weighted by Gasteiger charge is 2.39. The maximum Gasteiger partial charge on any atom is 0.257 e. The normalized spacial score (nSPS) is 18.7. The van der Waals surface area contributed by atoms with Crippen LogP contribution in [0.5, 0.6) is 0 Å². The first-order valence-corrected chi connectivity index (χ1v) is 9.48. The minimum Gasteiger partial charge on any atom is -0.370 e. The van der Waals surface area contributed by atoms with Gasteiger partial charge in [0.1, 0.15) is 0 Å². The fourth-order valence-electron chi connectivity index (χ4n) is 3.54. The first-order chi connectivity index (χ1) is 13.0. The standard InChI is InChI=1S/C20H22ClN3O3/c1-14-2-3-16(21)11-18(14)23-19(25)15-10-17(13-22-12-15)24-6-4-20(5-7-24)26-8-9-27-20/h2-3,10-13H,4-9H2,1H3,(H,23,25). The number of nitrogens with zero attached hydrogens (tertiary/aromatic N) is 2. The summed E-state index contributed by atoms with van der Waals surface area (Å²) in [6, 6.07) is 7.30. The molecule has 0 unspecified atom stereocenters. The van der Waals surface area contributed by atoms with Gasteiger partial charge >= 0.3 is 0 Å². The smallest absolute Gasteiger partial charge is 0.257 e. The van der Waals surface area contributed by atoms with Gasteiger partial charge in [0.15, 0.2) is 5.79 Å². The lowest BCUT2D eigenvalue weighted by Crippen LogP contribution is -2.45. The van der Waals surface area contributed by atoms with Crippen molar-refractivity contribution < 1.29 is 14.3 Å². The van der Waals surface area contributed by atoms with Crippen molar-refractivity contribution in [3.8, 4) is 0 Å². The molecule has 3 heterocycles. The van der Waals surface area contributed by atoms with Crippen molar-refractivity contribution >= 4 is 28.9 Å². The maximum atomic E-state index is 12.7. The summed E-state index contributed by atoms with van der Waals surface area (Å²) in [5.74, 6) is -0.617. The molecule has 0 atom stereocenters. The summed E-state index contributed by atoms with van der Waals surface area (Å²) in [6.45, 7) is 4.87. The number of piperidine rings is 1. The number of ether oxygens (including phenoxy) is 2. The second-order valence-corrected chi connectivity index (χ2v) is 7.38. The van der Waals surface area contributed by atoms with E-state index in [2.05, 4.69) is 15.2 Å². The molecule has 0 saturated carbocycles. The van der Waals surface area contributed by atoms with E-state index in [9.17, 15) is 4.79 Å². The predicted octanol–water partition coefficient (Wildman–Crippen LogP) is 3.64. The lowest BCUT2D eigenvalue weighted by atomic mass is 10.0. The van der Waals surface area contributed by atoms with Gasteiger partial charge < -0.3 is 19.7 Å². The van der Waals surface area contributed by atoms with E-state index in [4.69, 9.17) is 21.1 Å². The molecule has 6 nitrogen and oxygen atoms in total. The third kappa shape index (κ3) is 3.93. The molecule has 142 valence electrons. The topological polar surface area (TPSA) is 63.7 Å². The van der Waals surface area contributed by atoms with Gasteiger partial charge in [0.25, 0.3) is 5.91 Å². The van der Waals surface area contributed by atoms with Crippen molar-refractivity contribution in [2.75, 3.05) is 36.5 Å². The Balaban J connectivity index is 1.46. The number of halogens is 1. The predicted molar refractivity (Wildman–Crippen MR) is 104 cm³/mol. The van der Waals surface area contributed by atoms with Crippen LogP contribution in [0.3, 0.4) is 0 Å². The van der Waals surface area contributed by atoms with Crippen LogP contribution in [0.1, 0.15) is 28.8 Å². The molecule has 7 heteroatoms. The number of aryl methyl sites for hydroxylation is 1. The van der Waals surface area contributed by atoms with Crippen molar-refractivity contribution in [1.29, 1.82) is 0 Å². The van der Waals surface area contributed by atoms with Crippen LogP contribution in [0.2, 0.25) is 5.02 Å². The number of hydrogen-bond acceptors (Lipinski definition) is 5. The summed E-state index contributed by atoms with van der Waals surface area (Å²) in [5, 5.41) is 3.50. The van der Waals surface area contributed by atoms with Gasteiger partial charge in [-0.2, -0.15) is 0 Å². The molecule has 2 fully saturated rings. The fourth-order valence-corrected chi connectivity index (χ4v) is 3.71. The number of nitrogens with one attached hydrogen (secondary N) is 1. The van der Waals surface area contributed by atoms with Crippen molar-refractivity contribution in [2.45, 2.75) is 25.6 Å². The summed E-state index contributed by atoms with van der Waals surface area (Å²) >= 11 is 6.03. The molecule has 0 bridgehead atoms. The highest BCUT2D eigenvalue weighted by molar-refractivity contribution is 6.31. The highest BCUT2D eigenvalue weighted by Crippen LogP contribution is 2.33. The molecule has 1 amide bonds. The molecule has 0 aliphatic carbocycles. The third-order valence-corrected chi connectivity index (χ3v) is 5.37. The molecule has 1 aromatic carbocycles. The van der Waals surface area contributed by atoms with Crippen LogP contribution in [-0.2, 0) is 9.47 Å². The average Bonchev–Trinajstić information content (AvgIpc) is 3.13. The Bertz CT molecular complexity index is 842.